The van der Waals surface area contributed by atoms with Crippen LogP contribution in [0.25, 0.3) is 0 Å². The molecule has 148 valence electrons. The largest absolute Gasteiger partial charge is 0.497 e. The standard InChI is InChI=1S/C22H18Cl2N2O3/c1-28-20-8-4-18(5-9-20)26-22(27)14-29-21-6-2-15(3-7-21)13-25-19-11-16(23)10-17(24)12-19/h2-13H,14H2,1H3,(H,26,27). The molecule has 0 bridgehead atoms. The fourth-order valence-electron chi connectivity index (χ4n) is 2.43. The third kappa shape index (κ3) is 6.52. The second kappa shape index (κ2) is 9.96. The van der Waals surface area contributed by atoms with E-state index < -0.39 is 0 Å². The van der Waals surface area contributed by atoms with Gasteiger partial charge in [-0.2, -0.15) is 0 Å². The van der Waals surface area contributed by atoms with Crippen molar-refractivity contribution in [2.24, 2.45) is 4.99 Å². The molecule has 0 radical (unpaired) electrons. The predicted molar refractivity (Wildman–Crippen MR) is 117 cm³/mol. The summed E-state index contributed by atoms with van der Waals surface area (Å²) >= 11 is 11.9. The Hall–Kier alpha value is -3.02. The van der Waals surface area contributed by atoms with Crippen LogP contribution in [0.1, 0.15) is 5.56 Å². The van der Waals surface area contributed by atoms with E-state index in [1.807, 2.05) is 12.1 Å². The molecule has 3 aromatic carbocycles. The first-order chi connectivity index (χ1) is 14.0. The van der Waals surface area contributed by atoms with Gasteiger partial charge in [0.15, 0.2) is 6.61 Å². The van der Waals surface area contributed by atoms with E-state index in [9.17, 15) is 4.79 Å². The number of carbonyl (C=O) groups is 1. The molecule has 0 fully saturated rings. The fourth-order valence-corrected chi connectivity index (χ4v) is 2.95. The summed E-state index contributed by atoms with van der Waals surface area (Å²) in [5.41, 5.74) is 2.21. The second-order valence-electron chi connectivity index (χ2n) is 6.02. The molecule has 3 rings (SSSR count). The molecule has 0 aliphatic heterocycles. The molecule has 0 aliphatic carbocycles. The van der Waals surface area contributed by atoms with E-state index in [2.05, 4.69) is 10.3 Å². The first-order valence-electron chi connectivity index (χ1n) is 8.69. The summed E-state index contributed by atoms with van der Waals surface area (Å²) in [5, 5.41) is 3.82. The van der Waals surface area contributed by atoms with Gasteiger partial charge in [0.2, 0.25) is 0 Å². The number of rotatable bonds is 7. The van der Waals surface area contributed by atoms with Crippen LogP contribution in [0.3, 0.4) is 0 Å². The number of anilines is 1. The first-order valence-corrected chi connectivity index (χ1v) is 9.44. The molecule has 0 aliphatic rings. The molecule has 0 atom stereocenters. The third-order valence-electron chi connectivity index (χ3n) is 3.83. The second-order valence-corrected chi connectivity index (χ2v) is 6.89. The highest BCUT2D eigenvalue weighted by Gasteiger charge is 2.04. The van der Waals surface area contributed by atoms with Crippen LogP contribution in [0.4, 0.5) is 11.4 Å². The molecule has 3 aromatic rings. The zero-order valence-electron chi connectivity index (χ0n) is 15.6. The minimum absolute atomic E-state index is 0.0967. The van der Waals surface area contributed by atoms with Crippen LogP contribution >= 0.6 is 23.2 Å². The smallest absolute Gasteiger partial charge is 0.262 e. The number of benzene rings is 3. The first kappa shape index (κ1) is 20.7. The van der Waals surface area contributed by atoms with Crippen LogP contribution in [0.2, 0.25) is 10.0 Å². The maximum absolute atomic E-state index is 12.0. The zero-order chi connectivity index (χ0) is 20.6. The number of amides is 1. The van der Waals surface area contributed by atoms with Crippen LogP contribution in [0.5, 0.6) is 11.5 Å². The summed E-state index contributed by atoms with van der Waals surface area (Å²) in [4.78, 5) is 16.4. The van der Waals surface area contributed by atoms with Crippen molar-refractivity contribution in [2.45, 2.75) is 0 Å². The maximum Gasteiger partial charge on any atom is 0.262 e. The van der Waals surface area contributed by atoms with Crippen LogP contribution in [0.15, 0.2) is 71.7 Å². The zero-order valence-corrected chi connectivity index (χ0v) is 17.1. The quantitative estimate of drug-likeness (QED) is 0.485. The summed E-state index contributed by atoms with van der Waals surface area (Å²) in [6, 6.07) is 19.4. The number of nitrogens with zero attached hydrogens (tertiary/aromatic N) is 1. The lowest BCUT2D eigenvalue weighted by atomic mass is 10.2. The number of hydrogen-bond donors (Lipinski definition) is 1. The third-order valence-corrected chi connectivity index (χ3v) is 4.27. The summed E-state index contributed by atoms with van der Waals surface area (Å²) in [7, 11) is 1.59. The van der Waals surface area contributed by atoms with Crippen molar-refractivity contribution in [1.29, 1.82) is 0 Å². The Kier molecular flexibility index (Phi) is 7.11. The highest BCUT2D eigenvalue weighted by atomic mass is 35.5. The van der Waals surface area contributed by atoms with Gasteiger partial charge in [0.25, 0.3) is 5.91 Å². The summed E-state index contributed by atoms with van der Waals surface area (Å²) in [6.07, 6.45) is 1.70. The van der Waals surface area contributed by atoms with Crippen molar-refractivity contribution in [3.05, 3.63) is 82.3 Å². The van der Waals surface area contributed by atoms with Crippen molar-refractivity contribution >= 4 is 46.7 Å². The molecule has 1 amide bonds. The van der Waals surface area contributed by atoms with Crippen LogP contribution in [-0.4, -0.2) is 25.8 Å². The van der Waals surface area contributed by atoms with Gasteiger partial charge in [-0.1, -0.05) is 23.2 Å². The summed E-state index contributed by atoms with van der Waals surface area (Å²) < 4.78 is 10.6. The Labute approximate surface area is 178 Å². The van der Waals surface area contributed by atoms with Gasteiger partial charge in [0.1, 0.15) is 11.5 Å². The molecule has 0 aromatic heterocycles. The Bertz CT molecular complexity index is 983. The minimum atomic E-state index is -0.251. The number of halogens is 2. The average molecular weight is 429 g/mol. The molecule has 0 spiro atoms. The molecular formula is C22H18Cl2N2O3. The van der Waals surface area contributed by atoms with Crippen molar-refractivity contribution in [1.82, 2.24) is 0 Å². The normalized spacial score (nSPS) is 10.7. The van der Waals surface area contributed by atoms with Crippen molar-refractivity contribution < 1.29 is 14.3 Å². The summed E-state index contributed by atoms with van der Waals surface area (Å²) in [6.45, 7) is -0.0967. The van der Waals surface area contributed by atoms with Crippen LogP contribution < -0.4 is 14.8 Å². The van der Waals surface area contributed by atoms with Gasteiger partial charge in [0, 0.05) is 21.9 Å². The Balaban J connectivity index is 1.52. The number of carbonyl (C=O) groups excluding carboxylic acids is 1. The molecule has 0 saturated heterocycles. The minimum Gasteiger partial charge on any atom is -0.497 e. The molecular weight excluding hydrogens is 411 g/mol. The van der Waals surface area contributed by atoms with E-state index in [1.54, 1.807) is 67.9 Å². The Morgan fingerprint density at radius 2 is 1.59 bits per heavy atom. The lowest BCUT2D eigenvalue weighted by molar-refractivity contribution is -0.118. The van der Waals surface area contributed by atoms with Gasteiger partial charge in [-0.3, -0.25) is 9.79 Å². The average Bonchev–Trinajstić information content (AvgIpc) is 2.71. The van der Waals surface area contributed by atoms with Gasteiger partial charge in [-0.25, -0.2) is 0 Å². The van der Waals surface area contributed by atoms with Gasteiger partial charge in [-0.05, 0) is 72.3 Å². The highest BCUT2D eigenvalue weighted by molar-refractivity contribution is 6.35. The monoisotopic (exact) mass is 428 g/mol. The molecule has 0 saturated carbocycles. The van der Waals surface area contributed by atoms with E-state index >= 15 is 0 Å². The number of methoxy groups -OCH3 is 1. The maximum atomic E-state index is 12.0. The van der Waals surface area contributed by atoms with E-state index in [1.165, 1.54) is 0 Å². The van der Waals surface area contributed by atoms with Crippen molar-refractivity contribution in [2.75, 3.05) is 19.0 Å². The number of aliphatic imine (C=N–C) groups is 1. The molecule has 7 heteroatoms. The van der Waals surface area contributed by atoms with Gasteiger partial charge < -0.3 is 14.8 Å². The van der Waals surface area contributed by atoms with E-state index in [-0.39, 0.29) is 12.5 Å². The molecule has 0 unspecified atom stereocenters. The lowest BCUT2D eigenvalue weighted by Gasteiger charge is -2.08. The van der Waals surface area contributed by atoms with Gasteiger partial charge in [-0.15, -0.1) is 0 Å². The van der Waals surface area contributed by atoms with Gasteiger partial charge in [0.05, 0.1) is 12.8 Å². The van der Waals surface area contributed by atoms with E-state index in [0.29, 0.717) is 27.2 Å². The molecule has 29 heavy (non-hydrogen) atoms. The SMILES string of the molecule is COc1ccc(NC(=O)COc2ccc(C=Nc3cc(Cl)cc(Cl)c3)cc2)cc1. The molecule has 0 heterocycles. The topological polar surface area (TPSA) is 59.9 Å². The van der Waals surface area contributed by atoms with Crippen LogP contribution in [-0.2, 0) is 4.79 Å². The van der Waals surface area contributed by atoms with Crippen molar-refractivity contribution in [3.63, 3.8) is 0 Å². The lowest BCUT2D eigenvalue weighted by Crippen LogP contribution is -2.20. The molecule has 5 nitrogen and oxygen atoms in total. The Morgan fingerprint density at radius 3 is 2.21 bits per heavy atom. The summed E-state index contributed by atoms with van der Waals surface area (Å²) in [5.74, 6) is 1.05. The van der Waals surface area contributed by atoms with Crippen LogP contribution in [0, 0.1) is 0 Å². The van der Waals surface area contributed by atoms with Gasteiger partial charge >= 0.3 is 0 Å². The Morgan fingerprint density at radius 1 is 0.966 bits per heavy atom. The number of ether oxygens (including phenoxy) is 2. The fraction of sp³-hybridized carbons (Fsp3) is 0.0909. The number of hydrogen-bond acceptors (Lipinski definition) is 4. The van der Waals surface area contributed by atoms with E-state index in [0.717, 1.165) is 11.3 Å². The van der Waals surface area contributed by atoms with E-state index in [4.69, 9.17) is 32.7 Å². The molecule has 1 N–H and O–H groups in total. The highest BCUT2D eigenvalue weighted by Crippen LogP contribution is 2.24. The number of nitrogens with one attached hydrogen (secondary N) is 1. The predicted octanol–water partition coefficient (Wildman–Crippen LogP) is 5.77. The van der Waals surface area contributed by atoms with Crippen molar-refractivity contribution in [3.8, 4) is 11.5 Å².